The average molecular weight is 315 g/mol. The van der Waals surface area contributed by atoms with E-state index in [9.17, 15) is 25.2 Å². The molecule has 0 saturated carbocycles. The van der Waals surface area contributed by atoms with Gasteiger partial charge in [0.1, 0.15) is 35.7 Å². The first kappa shape index (κ1) is 16.5. The molecule has 1 heterocycles. The SMILES string of the molecule is O=C(O)c1cc(N[C@@H]2O[C@H](CO)[C@@H](O)[C@H](O)[C@H]2O)ccc1O. The van der Waals surface area contributed by atoms with Crippen LogP contribution in [-0.2, 0) is 4.74 Å². The lowest BCUT2D eigenvalue weighted by atomic mass is 9.98. The summed E-state index contributed by atoms with van der Waals surface area (Å²) in [5.41, 5.74) is -0.144. The molecule has 0 radical (unpaired) electrons. The predicted octanol–water partition coefficient (Wildman–Crippen LogP) is -1.70. The average Bonchev–Trinajstić information content (AvgIpc) is 2.49. The first-order valence-corrected chi connectivity index (χ1v) is 6.48. The van der Waals surface area contributed by atoms with Crippen molar-refractivity contribution >= 4 is 11.7 Å². The number of rotatable bonds is 4. The van der Waals surface area contributed by atoms with Crippen LogP contribution in [0.3, 0.4) is 0 Å². The number of aromatic hydroxyl groups is 1. The number of carbonyl (C=O) groups is 1. The van der Waals surface area contributed by atoms with E-state index in [0.29, 0.717) is 0 Å². The molecule has 5 atom stereocenters. The van der Waals surface area contributed by atoms with Crippen molar-refractivity contribution in [3.63, 3.8) is 0 Å². The Labute approximate surface area is 125 Å². The second-order valence-electron chi connectivity index (χ2n) is 4.93. The molecule has 1 aromatic rings. The van der Waals surface area contributed by atoms with Crippen LogP contribution in [0.5, 0.6) is 5.75 Å². The molecule has 1 aromatic carbocycles. The molecule has 1 fully saturated rings. The molecule has 0 unspecified atom stereocenters. The van der Waals surface area contributed by atoms with Gasteiger partial charge in [0.15, 0.2) is 6.23 Å². The minimum absolute atomic E-state index is 0.208. The molecule has 0 spiro atoms. The summed E-state index contributed by atoms with van der Waals surface area (Å²) in [5, 5.41) is 59.3. The maximum absolute atomic E-state index is 10.9. The maximum atomic E-state index is 10.9. The lowest BCUT2D eigenvalue weighted by Crippen LogP contribution is -2.60. The molecule has 1 saturated heterocycles. The minimum Gasteiger partial charge on any atom is -0.507 e. The van der Waals surface area contributed by atoms with Crippen LogP contribution in [0.2, 0.25) is 0 Å². The van der Waals surface area contributed by atoms with E-state index in [2.05, 4.69) is 5.32 Å². The quantitative estimate of drug-likeness (QED) is 0.321. The van der Waals surface area contributed by atoms with E-state index in [0.717, 1.165) is 12.1 Å². The van der Waals surface area contributed by atoms with E-state index in [1.165, 1.54) is 6.07 Å². The standard InChI is InChI=1S/C13H17NO8/c15-4-8-9(17)10(18)11(19)12(22-8)14-5-1-2-7(16)6(3-5)13(20)21/h1-3,8-12,14-19H,4H2,(H,20,21)/t8-,9-,10+,11-,12-/m1/s1. The Balaban J connectivity index is 2.19. The third-order valence-corrected chi connectivity index (χ3v) is 3.43. The highest BCUT2D eigenvalue weighted by Crippen LogP contribution is 2.26. The van der Waals surface area contributed by atoms with Crippen LogP contribution in [0.1, 0.15) is 10.4 Å². The van der Waals surface area contributed by atoms with Crippen LogP contribution in [0.4, 0.5) is 5.69 Å². The predicted molar refractivity (Wildman–Crippen MR) is 72.5 cm³/mol. The Morgan fingerprint density at radius 3 is 2.45 bits per heavy atom. The number of nitrogens with one attached hydrogen (secondary N) is 1. The highest BCUT2D eigenvalue weighted by Gasteiger charge is 2.43. The number of ether oxygens (including phenoxy) is 1. The third-order valence-electron chi connectivity index (χ3n) is 3.43. The van der Waals surface area contributed by atoms with Crippen molar-refractivity contribution in [2.45, 2.75) is 30.6 Å². The molecule has 2 rings (SSSR count). The van der Waals surface area contributed by atoms with Crippen LogP contribution in [0.25, 0.3) is 0 Å². The van der Waals surface area contributed by atoms with Crippen LogP contribution in [-0.4, -0.2) is 73.9 Å². The molecule has 9 heteroatoms. The summed E-state index contributed by atoms with van der Waals surface area (Å²) in [6, 6.07) is 3.62. The van der Waals surface area contributed by atoms with Gasteiger partial charge >= 0.3 is 5.97 Å². The van der Waals surface area contributed by atoms with Crippen molar-refractivity contribution in [3.8, 4) is 5.75 Å². The van der Waals surface area contributed by atoms with E-state index in [1.54, 1.807) is 0 Å². The zero-order valence-corrected chi connectivity index (χ0v) is 11.3. The third kappa shape index (κ3) is 3.13. The zero-order valence-electron chi connectivity index (χ0n) is 11.3. The van der Waals surface area contributed by atoms with Crippen molar-refractivity contribution in [2.24, 2.45) is 0 Å². The molecule has 0 amide bonds. The molecule has 22 heavy (non-hydrogen) atoms. The minimum atomic E-state index is -1.54. The summed E-state index contributed by atoms with van der Waals surface area (Å²) >= 11 is 0. The summed E-state index contributed by atoms with van der Waals surface area (Å²) in [4.78, 5) is 10.9. The number of aromatic carboxylic acids is 1. The van der Waals surface area contributed by atoms with Gasteiger partial charge in [0, 0.05) is 5.69 Å². The second-order valence-corrected chi connectivity index (χ2v) is 4.93. The summed E-state index contributed by atoms with van der Waals surface area (Å²) in [6.07, 6.45) is -6.78. The molecule has 0 aliphatic carbocycles. The number of anilines is 1. The lowest BCUT2D eigenvalue weighted by Gasteiger charge is -2.40. The van der Waals surface area contributed by atoms with Gasteiger partial charge in [-0.2, -0.15) is 0 Å². The van der Waals surface area contributed by atoms with Crippen molar-refractivity contribution in [1.82, 2.24) is 0 Å². The van der Waals surface area contributed by atoms with Gasteiger partial charge in [0.25, 0.3) is 0 Å². The molecule has 1 aliphatic rings. The van der Waals surface area contributed by atoms with Gasteiger partial charge in [-0.25, -0.2) is 4.79 Å². The van der Waals surface area contributed by atoms with E-state index < -0.39 is 49.0 Å². The Hall–Kier alpha value is -1.91. The van der Waals surface area contributed by atoms with Crippen LogP contribution in [0.15, 0.2) is 18.2 Å². The number of carboxylic acid groups (broad SMARTS) is 1. The first-order chi connectivity index (χ1) is 10.3. The normalized spacial score (nSPS) is 31.7. The largest absolute Gasteiger partial charge is 0.507 e. The van der Waals surface area contributed by atoms with Gasteiger partial charge in [-0.15, -0.1) is 0 Å². The molecule has 0 bridgehead atoms. The first-order valence-electron chi connectivity index (χ1n) is 6.48. The summed E-state index contributed by atoms with van der Waals surface area (Å²) in [7, 11) is 0. The van der Waals surface area contributed by atoms with Crippen molar-refractivity contribution < 1.29 is 40.2 Å². The second kappa shape index (κ2) is 6.46. The molecule has 1 aliphatic heterocycles. The van der Waals surface area contributed by atoms with Gasteiger partial charge in [-0.05, 0) is 18.2 Å². The summed E-state index contributed by atoms with van der Waals surface area (Å²) in [6.45, 7) is -0.570. The fourth-order valence-corrected chi connectivity index (χ4v) is 2.18. The molecule has 0 aromatic heterocycles. The van der Waals surface area contributed by atoms with E-state index >= 15 is 0 Å². The lowest BCUT2D eigenvalue weighted by molar-refractivity contribution is -0.221. The van der Waals surface area contributed by atoms with Crippen LogP contribution in [0, 0.1) is 0 Å². The topological polar surface area (TPSA) is 160 Å². The number of benzene rings is 1. The van der Waals surface area contributed by atoms with E-state index in [1.807, 2.05) is 0 Å². The summed E-state index contributed by atoms with van der Waals surface area (Å²) in [5.74, 6) is -1.76. The van der Waals surface area contributed by atoms with Crippen LogP contribution >= 0.6 is 0 Å². The zero-order chi connectivity index (χ0) is 16.4. The fraction of sp³-hybridized carbons (Fsp3) is 0.462. The van der Waals surface area contributed by atoms with E-state index in [4.69, 9.17) is 14.9 Å². The van der Waals surface area contributed by atoms with Crippen molar-refractivity contribution in [1.29, 1.82) is 0 Å². The Kier molecular flexibility index (Phi) is 4.84. The highest BCUT2D eigenvalue weighted by molar-refractivity contribution is 5.92. The Bertz CT molecular complexity index is 549. The van der Waals surface area contributed by atoms with E-state index in [-0.39, 0.29) is 11.3 Å². The molecule has 122 valence electrons. The molecular formula is C13H17NO8. The van der Waals surface area contributed by atoms with Gasteiger partial charge < -0.3 is 40.7 Å². The Morgan fingerprint density at radius 2 is 1.86 bits per heavy atom. The van der Waals surface area contributed by atoms with Gasteiger partial charge in [-0.3, -0.25) is 0 Å². The number of hydrogen-bond acceptors (Lipinski definition) is 8. The van der Waals surface area contributed by atoms with Gasteiger partial charge in [0.2, 0.25) is 0 Å². The number of phenols is 1. The molecular weight excluding hydrogens is 298 g/mol. The number of hydrogen-bond donors (Lipinski definition) is 7. The van der Waals surface area contributed by atoms with Crippen molar-refractivity contribution in [2.75, 3.05) is 11.9 Å². The van der Waals surface area contributed by atoms with Gasteiger partial charge in [0.05, 0.1) is 6.61 Å². The van der Waals surface area contributed by atoms with Gasteiger partial charge in [-0.1, -0.05) is 0 Å². The number of aliphatic hydroxyl groups is 4. The molecule has 9 nitrogen and oxygen atoms in total. The number of aliphatic hydroxyl groups excluding tert-OH is 4. The maximum Gasteiger partial charge on any atom is 0.339 e. The number of carboxylic acids is 1. The van der Waals surface area contributed by atoms with Crippen molar-refractivity contribution in [3.05, 3.63) is 23.8 Å². The Morgan fingerprint density at radius 1 is 1.18 bits per heavy atom. The van der Waals surface area contributed by atoms with Crippen LogP contribution < -0.4 is 5.32 Å². The fourth-order valence-electron chi connectivity index (χ4n) is 2.18. The molecule has 7 N–H and O–H groups in total. The monoisotopic (exact) mass is 315 g/mol. The highest BCUT2D eigenvalue weighted by atomic mass is 16.6. The summed E-state index contributed by atoms with van der Waals surface area (Å²) < 4.78 is 5.23. The smallest absolute Gasteiger partial charge is 0.339 e.